The van der Waals surface area contributed by atoms with Crippen molar-refractivity contribution in [1.29, 1.82) is 0 Å². The maximum absolute atomic E-state index is 10.9. The number of hydrogen-bond acceptors (Lipinski definition) is 1. The third-order valence-electron chi connectivity index (χ3n) is 2.79. The van der Waals surface area contributed by atoms with Crippen LogP contribution in [0.2, 0.25) is 0 Å². The Bertz CT molecular complexity index is 566. The molecule has 1 aromatic heterocycles. The van der Waals surface area contributed by atoms with Gasteiger partial charge in [0.1, 0.15) is 0 Å². The lowest BCUT2D eigenvalue weighted by Gasteiger charge is -2.04. The number of hydrogen-bond donors (Lipinski definition) is 1. The van der Waals surface area contributed by atoms with Crippen molar-refractivity contribution in [2.45, 2.75) is 6.42 Å². The van der Waals surface area contributed by atoms with Gasteiger partial charge in [0.25, 0.3) is 0 Å². The van der Waals surface area contributed by atoms with E-state index in [1.807, 2.05) is 31.3 Å². The van der Waals surface area contributed by atoms with Crippen molar-refractivity contribution in [3.05, 3.63) is 48.2 Å². The van der Waals surface area contributed by atoms with Gasteiger partial charge in [-0.05, 0) is 17.5 Å². The van der Waals surface area contributed by atoms with Gasteiger partial charge in [0.15, 0.2) is 0 Å². The van der Waals surface area contributed by atoms with Crippen LogP contribution in [0.4, 0.5) is 0 Å². The van der Waals surface area contributed by atoms with Crippen LogP contribution in [0.5, 0.6) is 0 Å². The molecule has 0 saturated heterocycles. The topological polar surface area (TPSA) is 48.0 Å². The third kappa shape index (κ3) is 1.72. The second-order valence-electron chi connectivity index (χ2n) is 3.90. The predicted molar refractivity (Wildman–Crippen MR) is 65.0 cm³/mol. The van der Waals surface area contributed by atoms with E-state index in [4.69, 9.17) is 5.73 Å². The van der Waals surface area contributed by atoms with Crippen LogP contribution in [0.1, 0.15) is 5.69 Å². The molecule has 0 aliphatic rings. The predicted octanol–water partition coefficient (Wildman–Crippen LogP) is 1.76. The van der Waals surface area contributed by atoms with Crippen molar-refractivity contribution in [2.24, 2.45) is 12.8 Å². The number of aryl methyl sites for hydroxylation is 1. The molecule has 1 heterocycles. The first kappa shape index (κ1) is 10.5. The maximum atomic E-state index is 10.9. The Balaban J connectivity index is 2.42. The minimum absolute atomic E-state index is 0.436. The number of amides is 1. The molecule has 82 valence electrons. The van der Waals surface area contributed by atoms with Gasteiger partial charge in [-0.25, -0.2) is 0 Å². The first-order valence-corrected chi connectivity index (χ1v) is 5.10. The first-order chi connectivity index (χ1) is 7.59. The van der Waals surface area contributed by atoms with Gasteiger partial charge < -0.3 is 10.3 Å². The molecule has 0 aliphatic carbocycles. The van der Waals surface area contributed by atoms with E-state index in [0.29, 0.717) is 12.0 Å². The SMILES string of the molecule is C=C(Cc1cc2ccccc2n1C)C(N)=O. The highest BCUT2D eigenvalue weighted by Gasteiger charge is 2.08. The molecule has 0 unspecified atom stereocenters. The standard InChI is InChI=1S/C13H14N2O/c1-9(13(14)16)7-11-8-10-5-3-4-6-12(10)15(11)2/h3-6,8H,1,7H2,2H3,(H2,14,16). The Kier molecular flexibility index (Phi) is 2.52. The lowest BCUT2D eigenvalue weighted by molar-refractivity contribution is -0.114. The quantitative estimate of drug-likeness (QED) is 0.777. The fourth-order valence-electron chi connectivity index (χ4n) is 1.82. The van der Waals surface area contributed by atoms with E-state index in [1.54, 1.807) is 0 Å². The molecule has 1 aromatic carbocycles. The van der Waals surface area contributed by atoms with Gasteiger partial charge in [-0.2, -0.15) is 0 Å². The molecule has 0 atom stereocenters. The Morgan fingerprint density at radius 3 is 2.75 bits per heavy atom. The summed E-state index contributed by atoms with van der Waals surface area (Å²) < 4.78 is 2.06. The summed E-state index contributed by atoms with van der Waals surface area (Å²) in [5.41, 5.74) is 7.81. The number of rotatable bonds is 3. The highest BCUT2D eigenvalue weighted by molar-refractivity contribution is 5.92. The normalized spacial score (nSPS) is 10.6. The van der Waals surface area contributed by atoms with Gasteiger partial charge in [0.05, 0.1) is 0 Å². The van der Waals surface area contributed by atoms with Crippen LogP contribution in [0.3, 0.4) is 0 Å². The zero-order chi connectivity index (χ0) is 11.7. The van der Waals surface area contributed by atoms with E-state index in [1.165, 1.54) is 0 Å². The van der Waals surface area contributed by atoms with Crippen LogP contribution in [0, 0.1) is 0 Å². The maximum Gasteiger partial charge on any atom is 0.244 e. The lowest BCUT2D eigenvalue weighted by Crippen LogP contribution is -2.15. The molecular weight excluding hydrogens is 200 g/mol. The smallest absolute Gasteiger partial charge is 0.244 e. The van der Waals surface area contributed by atoms with Crippen molar-refractivity contribution in [1.82, 2.24) is 4.57 Å². The number of nitrogens with zero attached hydrogens (tertiary/aromatic N) is 1. The van der Waals surface area contributed by atoms with Crippen molar-refractivity contribution < 1.29 is 4.79 Å². The largest absolute Gasteiger partial charge is 0.366 e. The van der Waals surface area contributed by atoms with E-state index in [0.717, 1.165) is 16.6 Å². The molecule has 1 amide bonds. The summed E-state index contributed by atoms with van der Waals surface area (Å²) in [4.78, 5) is 10.9. The monoisotopic (exact) mass is 214 g/mol. The second-order valence-corrected chi connectivity index (χ2v) is 3.90. The average Bonchev–Trinajstić information content (AvgIpc) is 2.56. The molecule has 16 heavy (non-hydrogen) atoms. The summed E-state index contributed by atoms with van der Waals surface area (Å²) in [6, 6.07) is 10.1. The van der Waals surface area contributed by atoms with Gasteiger partial charge in [-0.1, -0.05) is 24.8 Å². The third-order valence-corrected chi connectivity index (χ3v) is 2.79. The van der Waals surface area contributed by atoms with Gasteiger partial charge in [-0.3, -0.25) is 4.79 Å². The van der Waals surface area contributed by atoms with Crippen LogP contribution in [0.15, 0.2) is 42.5 Å². The number of carbonyl (C=O) groups is 1. The molecule has 0 radical (unpaired) electrons. The molecule has 0 bridgehead atoms. The number of para-hydroxylation sites is 1. The number of fused-ring (bicyclic) bond motifs is 1. The Hall–Kier alpha value is -2.03. The van der Waals surface area contributed by atoms with Gasteiger partial charge in [0.2, 0.25) is 5.91 Å². The van der Waals surface area contributed by atoms with Crippen molar-refractivity contribution in [3.8, 4) is 0 Å². The van der Waals surface area contributed by atoms with Gasteiger partial charge >= 0.3 is 0 Å². The van der Waals surface area contributed by atoms with E-state index in [9.17, 15) is 4.79 Å². The number of benzene rings is 1. The molecule has 0 spiro atoms. The van der Waals surface area contributed by atoms with Gasteiger partial charge in [-0.15, -0.1) is 0 Å². The number of primary amides is 1. The summed E-state index contributed by atoms with van der Waals surface area (Å²) >= 11 is 0. The Labute approximate surface area is 94.2 Å². The fraction of sp³-hybridized carbons (Fsp3) is 0.154. The van der Waals surface area contributed by atoms with Crippen LogP contribution >= 0.6 is 0 Å². The van der Waals surface area contributed by atoms with Crippen LogP contribution < -0.4 is 5.73 Å². The molecule has 0 aliphatic heterocycles. The molecule has 3 heteroatoms. The summed E-state index contributed by atoms with van der Waals surface area (Å²) in [6.07, 6.45) is 0.501. The molecule has 2 rings (SSSR count). The van der Waals surface area contributed by atoms with E-state index in [2.05, 4.69) is 17.2 Å². The number of aromatic nitrogens is 1. The van der Waals surface area contributed by atoms with Gasteiger partial charge in [0, 0.05) is 30.3 Å². The van der Waals surface area contributed by atoms with Crippen molar-refractivity contribution in [3.63, 3.8) is 0 Å². The molecule has 0 saturated carbocycles. The van der Waals surface area contributed by atoms with Crippen molar-refractivity contribution in [2.75, 3.05) is 0 Å². The molecular formula is C13H14N2O. The number of carbonyl (C=O) groups excluding carboxylic acids is 1. The highest BCUT2D eigenvalue weighted by atomic mass is 16.1. The van der Waals surface area contributed by atoms with E-state index in [-0.39, 0.29) is 0 Å². The van der Waals surface area contributed by atoms with E-state index >= 15 is 0 Å². The molecule has 2 aromatic rings. The zero-order valence-corrected chi connectivity index (χ0v) is 9.23. The highest BCUT2D eigenvalue weighted by Crippen LogP contribution is 2.19. The fourth-order valence-corrected chi connectivity index (χ4v) is 1.82. The lowest BCUT2D eigenvalue weighted by atomic mass is 10.1. The molecule has 3 nitrogen and oxygen atoms in total. The average molecular weight is 214 g/mol. The minimum atomic E-state index is -0.440. The second kappa shape index (κ2) is 3.85. The minimum Gasteiger partial charge on any atom is -0.366 e. The Morgan fingerprint density at radius 2 is 2.12 bits per heavy atom. The van der Waals surface area contributed by atoms with E-state index < -0.39 is 5.91 Å². The molecule has 2 N–H and O–H groups in total. The van der Waals surface area contributed by atoms with Crippen LogP contribution in [-0.2, 0) is 18.3 Å². The first-order valence-electron chi connectivity index (χ1n) is 5.10. The molecule has 0 fully saturated rings. The summed E-state index contributed by atoms with van der Waals surface area (Å²) in [6.45, 7) is 3.67. The summed E-state index contributed by atoms with van der Waals surface area (Å²) in [7, 11) is 1.98. The van der Waals surface area contributed by atoms with Crippen LogP contribution in [0.25, 0.3) is 10.9 Å². The Morgan fingerprint density at radius 1 is 1.44 bits per heavy atom. The number of nitrogens with two attached hydrogens (primary N) is 1. The summed E-state index contributed by atoms with van der Waals surface area (Å²) in [5, 5.41) is 1.16. The van der Waals surface area contributed by atoms with Crippen LogP contribution in [-0.4, -0.2) is 10.5 Å². The zero-order valence-electron chi connectivity index (χ0n) is 9.23. The van der Waals surface area contributed by atoms with Crippen molar-refractivity contribution >= 4 is 16.8 Å². The summed E-state index contributed by atoms with van der Waals surface area (Å²) in [5.74, 6) is -0.440.